The van der Waals surface area contributed by atoms with Crippen LogP contribution in [0.15, 0.2) is 59.3 Å². The molecule has 0 aliphatic rings. The summed E-state index contributed by atoms with van der Waals surface area (Å²) in [5.41, 5.74) is 3.42. The summed E-state index contributed by atoms with van der Waals surface area (Å²) in [7, 11) is 0. The van der Waals surface area contributed by atoms with E-state index in [4.69, 9.17) is 4.42 Å². The quantitative estimate of drug-likeness (QED) is 0.743. The number of H-pyrrole nitrogens is 1. The standard InChI is InChI=1S/C16H17N3O/c1-12(16-3-2-10-20-16)17-11-13-4-6-14(7-5-13)15-8-9-18-19-15/h2-10,12,17H,11H2,1H3,(H,18,19). The molecule has 3 rings (SSSR count). The van der Waals surface area contributed by atoms with E-state index in [9.17, 15) is 0 Å². The predicted molar refractivity (Wildman–Crippen MR) is 78.0 cm³/mol. The monoisotopic (exact) mass is 267 g/mol. The molecular formula is C16H17N3O. The largest absolute Gasteiger partial charge is 0.468 e. The average molecular weight is 267 g/mol. The number of aromatic nitrogens is 2. The zero-order chi connectivity index (χ0) is 13.8. The first-order valence-electron chi connectivity index (χ1n) is 6.68. The molecule has 0 aliphatic carbocycles. The lowest BCUT2D eigenvalue weighted by atomic mass is 10.1. The summed E-state index contributed by atoms with van der Waals surface area (Å²) in [4.78, 5) is 0. The van der Waals surface area contributed by atoms with Gasteiger partial charge in [0.25, 0.3) is 0 Å². The van der Waals surface area contributed by atoms with Gasteiger partial charge in [-0.2, -0.15) is 5.10 Å². The number of aromatic amines is 1. The molecule has 0 radical (unpaired) electrons. The van der Waals surface area contributed by atoms with Crippen molar-refractivity contribution in [3.8, 4) is 11.3 Å². The van der Waals surface area contributed by atoms with Crippen molar-refractivity contribution in [2.75, 3.05) is 0 Å². The fraction of sp³-hybridized carbons (Fsp3) is 0.188. The van der Waals surface area contributed by atoms with Crippen LogP contribution in [0.5, 0.6) is 0 Å². The molecule has 0 saturated carbocycles. The topological polar surface area (TPSA) is 53.9 Å². The number of benzene rings is 1. The lowest BCUT2D eigenvalue weighted by Gasteiger charge is -2.11. The van der Waals surface area contributed by atoms with Crippen molar-refractivity contribution >= 4 is 0 Å². The maximum Gasteiger partial charge on any atom is 0.120 e. The number of nitrogens with zero attached hydrogens (tertiary/aromatic N) is 1. The van der Waals surface area contributed by atoms with Gasteiger partial charge < -0.3 is 9.73 Å². The lowest BCUT2D eigenvalue weighted by Crippen LogP contribution is -2.17. The molecule has 4 nitrogen and oxygen atoms in total. The predicted octanol–water partition coefficient (Wildman–Crippen LogP) is 3.52. The second-order valence-corrected chi connectivity index (χ2v) is 4.79. The van der Waals surface area contributed by atoms with E-state index in [2.05, 4.69) is 46.7 Å². The van der Waals surface area contributed by atoms with Crippen LogP contribution < -0.4 is 5.32 Å². The van der Waals surface area contributed by atoms with Gasteiger partial charge in [-0.25, -0.2) is 0 Å². The highest BCUT2D eigenvalue weighted by atomic mass is 16.3. The second kappa shape index (κ2) is 5.75. The molecule has 0 saturated heterocycles. The van der Waals surface area contributed by atoms with Crippen LogP contribution in [-0.2, 0) is 6.54 Å². The van der Waals surface area contributed by atoms with Crippen molar-refractivity contribution in [3.05, 3.63) is 66.2 Å². The highest BCUT2D eigenvalue weighted by Crippen LogP contribution is 2.17. The Labute approximate surface area is 117 Å². The minimum Gasteiger partial charge on any atom is -0.468 e. The summed E-state index contributed by atoms with van der Waals surface area (Å²) in [5.74, 6) is 0.957. The van der Waals surface area contributed by atoms with E-state index >= 15 is 0 Å². The van der Waals surface area contributed by atoms with Gasteiger partial charge in [-0.3, -0.25) is 5.10 Å². The summed E-state index contributed by atoms with van der Waals surface area (Å²) in [6, 6.07) is 14.5. The van der Waals surface area contributed by atoms with E-state index in [1.54, 1.807) is 12.5 Å². The van der Waals surface area contributed by atoms with Crippen LogP contribution in [0.4, 0.5) is 0 Å². The van der Waals surface area contributed by atoms with Crippen LogP contribution in [-0.4, -0.2) is 10.2 Å². The van der Waals surface area contributed by atoms with Crippen molar-refractivity contribution in [3.63, 3.8) is 0 Å². The zero-order valence-corrected chi connectivity index (χ0v) is 11.3. The van der Waals surface area contributed by atoms with E-state index in [0.29, 0.717) is 0 Å². The summed E-state index contributed by atoms with van der Waals surface area (Å²) >= 11 is 0. The van der Waals surface area contributed by atoms with Crippen molar-refractivity contribution in [2.24, 2.45) is 0 Å². The van der Waals surface area contributed by atoms with E-state index in [1.165, 1.54) is 5.56 Å². The third-order valence-electron chi connectivity index (χ3n) is 3.35. The number of nitrogens with one attached hydrogen (secondary N) is 2. The first kappa shape index (κ1) is 12.7. The summed E-state index contributed by atoms with van der Waals surface area (Å²) in [6.45, 7) is 2.91. The number of hydrogen-bond acceptors (Lipinski definition) is 3. The van der Waals surface area contributed by atoms with E-state index in [-0.39, 0.29) is 6.04 Å². The number of hydrogen-bond donors (Lipinski definition) is 2. The average Bonchev–Trinajstić information content (AvgIpc) is 3.18. The van der Waals surface area contributed by atoms with Crippen LogP contribution >= 0.6 is 0 Å². The van der Waals surface area contributed by atoms with Gasteiger partial charge in [-0.05, 0) is 36.2 Å². The van der Waals surface area contributed by atoms with Crippen molar-refractivity contribution < 1.29 is 4.42 Å². The zero-order valence-electron chi connectivity index (χ0n) is 11.3. The molecule has 102 valence electrons. The molecule has 20 heavy (non-hydrogen) atoms. The Morgan fingerprint density at radius 2 is 2.05 bits per heavy atom. The Kier molecular flexibility index (Phi) is 3.65. The third kappa shape index (κ3) is 2.81. The smallest absolute Gasteiger partial charge is 0.120 e. The van der Waals surface area contributed by atoms with Gasteiger partial charge in [0.15, 0.2) is 0 Å². The van der Waals surface area contributed by atoms with Gasteiger partial charge in [0.2, 0.25) is 0 Å². The molecule has 3 aromatic rings. The molecule has 0 amide bonds. The van der Waals surface area contributed by atoms with E-state index < -0.39 is 0 Å². The molecule has 2 N–H and O–H groups in total. The van der Waals surface area contributed by atoms with Gasteiger partial charge in [-0.1, -0.05) is 24.3 Å². The van der Waals surface area contributed by atoms with Gasteiger partial charge in [0.1, 0.15) is 5.76 Å². The molecule has 1 unspecified atom stereocenters. The fourth-order valence-corrected chi connectivity index (χ4v) is 2.13. The Hall–Kier alpha value is -2.33. The molecule has 0 aliphatic heterocycles. The van der Waals surface area contributed by atoms with Gasteiger partial charge in [0, 0.05) is 12.7 Å². The summed E-state index contributed by atoms with van der Waals surface area (Å²) in [6.07, 6.45) is 3.46. The summed E-state index contributed by atoms with van der Waals surface area (Å²) < 4.78 is 5.38. The fourth-order valence-electron chi connectivity index (χ4n) is 2.13. The first-order chi connectivity index (χ1) is 9.83. The van der Waals surface area contributed by atoms with Crippen molar-refractivity contribution in [1.82, 2.24) is 15.5 Å². The van der Waals surface area contributed by atoms with Crippen molar-refractivity contribution in [1.29, 1.82) is 0 Å². The Morgan fingerprint density at radius 1 is 1.20 bits per heavy atom. The molecule has 1 atom stereocenters. The highest BCUT2D eigenvalue weighted by molar-refractivity contribution is 5.58. The molecule has 4 heteroatoms. The van der Waals surface area contributed by atoms with Gasteiger partial charge in [-0.15, -0.1) is 0 Å². The Balaban J connectivity index is 1.61. The van der Waals surface area contributed by atoms with Crippen LogP contribution in [0, 0.1) is 0 Å². The SMILES string of the molecule is CC(NCc1ccc(-c2ccn[nH]2)cc1)c1ccco1. The minimum atomic E-state index is 0.206. The minimum absolute atomic E-state index is 0.206. The third-order valence-corrected chi connectivity index (χ3v) is 3.35. The maximum atomic E-state index is 5.38. The van der Waals surface area contributed by atoms with Crippen LogP contribution in [0.2, 0.25) is 0 Å². The van der Waals surface area contributed by atoms with Crippen molar-refractivity contribution in [2.45, 2.75) is 19.5 Å². The molecular weight excluding hydrogens is 250 g/mol. The van der Waals surface area contributed by atoms with Gasteiger partial charge in [0.05, 0.1) is 18.0 Å². The summed E-state index contributed by atoms with van der Waals surface area (Å²) in [5, 5.41) is 10.4. The molecule has 2 heterocycles. The van der Waals surface area contributed by atoms with Crippen LogP contribution in [0.25, 0.3) is 11.3 Å². The normalized spacial score (nSPS) is 12.4. The van der Waals surface area contributed by atoms with Crippen LogP contribution in [0.3, 0.4) is 0 Å². The molecule has 0 bridgehead atoms. The molecule has 0 fully saturated rings. The van der Waals surface area contributed by atoms with Gasteiger partial charge >= 0.3 is 0 Å². The molecule has 0 spiro atoms. The number of rotatable bonds is 5. The number of furan rings is 1. The van der Waals surface area contributed by atoms with E-state index in [1.807, 2.05) is 18.2 Å². The Morgan fingerprint density at radius 3 is 2.70 bits per heavy atom. The maximum absolute atomic E-state index is 5.38. The lowest BCUT2D eigenvalue weighted by molar-refractivity contribution is 0.430. The second-order valence-electron chi connectivity index (χ2n) is 4.79. The Bertz CT molecular complexity index is 627. The first-order valence-corrected chi connectivity index (χ1v) is 6.68. The highest BCUT2D eigenvalue weighted by Gasteiger charge is 2.07. The van der Waals surface area contributed by atoms with E-state index in [0.717, 1.165) is 23.6 Å². The molecule has 2 aromatic heterocycles. The molecule has 1 aromatic carbocycles. The van der Waals surface area contributed by atoms with Crippen LogP contribution in [0.1, 0.15) is 24.3 Å².